The molecule has 0 aliphatic heterocycles. The zero-order valence-corrected chi connectivity index (χ0v) is 12.3. The van der Waals surface area contributed by atoms with Crippen molar-refractivity contribution in [2.24, 2.45) is 5.73 Å². The minimum Gasteiger partial charge on any atom is -0.328 e. The van der Waals surface area contributed by atoms with Crippen molar-refractivity contribution < 1.29 is 0 Å². The van der Waals surface area contributed by atoms with Crippen molar-refractivity contribution in [1.29, 1.82) is 0 Å². The maximum atomic E-state index is 5.86. The molecule has 1 aromatic carbocycles. The van der Waals surface area contributed by atoms with Crippen molar-refractivity contribution in [3.05, 3.63) is 35.4 Å². The Kier molecular flexibility index (Phi) is 6.37. The first-order chi connectivity index (χ1) is 8.54. The molecule has 0 heterocycles. The molecule has 0 amide bonds. The van der Waals surface area contributed by atoms with Gasteiger partial charge in [0.25, 0.3) is 0 Å². The molecule has 0 spiro atoms. The first kappa shape index (κ1) is 15.2. The van der Waals surface area contributed by atoms with E-state index in [0.29, 0.717) is 6.04 Å². The quantitative estimate of drug-likeness (QED) is 0.801. The van der Waals surface area contributed by atoms with Crippen LogP contribution in [-0.4, -0.2) is 25.0 Å². The molecular formula is C16H28N2. The standard InChI is InChI=1S/C16H28N2/c1-5-6-14-8-10-15(11-9-14)16(18(3)4)12-7-13(2)17/h8-11,13,16H,5-7,12,17H2,1-4H3. The summed E-state index contributed by atoms with van der Waals surface area (Å²) in [6.07, 6.45) is 4.57. The molecule has 18 heavy (non-hydrogen) atoms. The van der Waals surface area contributed by atoms with E-state index in [1.807, 2.05) is 0 Å². The van der Waals surface area contributed by atoms with Crippen LogP contribution in [0.5, 0.6) is 0 Å². The lowest BCUT2D eigenvalue weighted by Gasteiger charge is -2.25. The lowest BCUT2D eigenvalue weighted by Crippen LogP contribution is -2.23. The van der Waals surface area contributed by atoms with Crippen molar-refractivity contribution in [1.82, 2.24) is 4.90 Å². The maximum absolute atomic E-state index is 5.86. The largest absolute Gasteiger partial charge is 0.328 e. The predicted molar refractivity (Wildman–Crippen MR) is 79.7 cm³/mol. The predicted octanol–water partition coefficient (Wildman–Crippen LogP) is 3.37. The summed E-state index contributed by atoms with van der Waals surface area (Å²) in [5.74, 6) is 0. The molecule has 0 aliphatic carbocycles. The van der Waals surface area contributed by atoms with Gasteiger partial charge in [-0.25, -0.2) is 0 Å². The number of nitrogens with two attached hydrogens (primary N) is 1. The third-order valence-corrected chi connectivity index (χ3v) is 3.42. The fourth-order valence-corrected chi connectivity index (χ4v) is 2.34. The Hall–Kier alpha value is -0.860. The van der Waals surface area contributed by atoms with Gasteiger partial charge < -0.3 is 10.6 Å². The third-order valence-electron chi connectivity index (χ3n) is 3.42. The normalized spacial score (nSPS) is 14.8. The summed E-state index contributed by atoms with van der Waals surface area (Å²) < 4.78 is 0. The summed E-state index contributed by atoms with van der Waals surface area (Å²) in [4.78, 5) is 2.29. The fraction of sp³-hybridized carbons (Fsp3) is 0.625. The van der Waals surface area contributed by atoms with Gasteiger partial charge in [-0.3, -0.25) is 0 Å². The molecule has 0 radical (unpaired) electrons. The molecular weight excluding hydrogens is 220 g/mol. The highest BCUT2D eigenvalue weighted by molar-refractivity contribution is 5.25. The zero-order valence-electron chi connectivity index (χ0n) is 12.3. The molecule has 0 saturated heterocycles. The number of hydrogen-bond acceptors (Lipinski definition) is 2. The van der Waals surface area contributed by atoms with Gasteiger partial charge in [-0.05, 0) is 51.4 Å². The average molecular weight is 248 g/mol. The lowest BCUT2D eigenvalue weighted by atomic mass is 9.97. The van der Waals surface area contributed by atoms with E-state index in [4.69, 9.17) is 5.73 Å². The van der Waals surface area contributed by atoms with Crippen LogP contribution in [0.25, 0.3) is 0 Å². The first-order valence-electron chi connectivity index (χ1n) is 7.05. The van der Waals surface area contributed by atoms with Gasteiger partial charge in [-0.2, -0.15) is 0 Å². The van der Waals surface area contributed by atoms with Crippen LogP contribution in [0, 0.1) is 0 Å². The van der Waals surface area contributed by atoms with E-state index < -0.39 is 0 Å². The Morgan fingerprint density at radius 3 is 2.17 bits per heavy atom. The molecule has 2 unspecified atom stereocenters. The molecule has 102 valence electrons. The van der Waals surface area contributed by atoms with Crippen molar-refractivity contribution in [3.8, 4) is 0 Å². The summed E-state index contributed by atoms with van der Waals surface area (Å²) in [6.45, 7) is 4.30. The van der Waals surface area contributed by atoms with E-state index in [0.717, 1.165) is 12.8 Å². The first-order valence-corrected chi connectivity index (χ1v) is 7.05. The number of aryl methyl sites for hydroxylation is 1. The minimum atomic E-state index is 0.284. The smallest absolute Gasteiger partial charge is 0.0342 e. The topological polar surface area (TPSA) is 29.3 Å². The Morgan fingerprint density at radius 2 is 1.72 bits per heavy atom. The van der Waals surface area contributed by atoms with Crippen LogP contribution in [0.2, 0.25) is 0 Å². The van der Waals surface area contributed by atoms with Gasteiger partial charge in [0.05, 0.1) is 0 Å². The fourth-order valence-electron chi connectivity index (χ4n) is 2.34. The summed E-state index contributed by atoms with van der Waals surface area (Å²) in [5.41, 5.74) is 8.70. The van der Waals surface area contributed by atoms with E-state index in [-0.39, 0.29) is 6.04 Å². The molecule has 0 saturated carbocycles. The summed E-state index contributed by atoms with van der Waals surface area (Å²) in [6, 6.07) is 9.84. The molecule has 1 rings (SSSR count). The van der Waals surface area contributed by atoms with Crippen LogP contribution in [0.3, 0.4) is 0 Å². The summed E-state index contributed by atoms with van der Waals surface area (Å²) in [5, 5.41) is 0. The Bertz CT molecular complexity index is 327. The Labute approximate surface area is 112 Å². The monoisotopic (exact) mass is 248 g/mol. The average Bonchev–Trinajstić information content (AvgIpc) is 2.31. The molecule has 0 fully saturated rings. The molecule has 2 nitrogen and oxygen atoms in total. The lowest BCUT2D eigenvalue weighted by molar-refractivity contribution is 0.275. The highest BCUT2D eigenvalue weighted by Crippen LogP contribution is 2.24. The second-order valence-electron chi connectivity index (χ2n) is 5.53. The third kappa shape index (κ3) is 4.79. The Balaban J connectivity index is 2.72. The van der Waals surface area contributed by atoms with Gasteiger partial charge in [-0.1, -0.05) is 37.6 Å². The van der Waals surface area contributed by atoms with Gasteiger partial charge in [0.1, 0.15) is 0 Å². The number of nitrogens with zero attached hydrogens (tertiary/aromatic N) is 1. The van der Waals surface area contributed by atoms with E-state index in [2.05, 4.69) is 57.1 Å². The van der Waals surface area contributed by atoms with Crippen molar-refractivity contribution in [2.45, 2.75) is 51.6 Å². The molecule has 2 heteroatoms. The molecule has 0 bridgehead atoms. The molecule has 2 N–H and O–H groups in total. The SMILES string of the molecule is CCCc1ccc(C(CCC(C)N)N(C)C)cc1. The van der Waals surface area contributed by atoms with Gasteiger partial charge in [0.15, 0.2) is 0 Å². The van der Waals surface area contributed by atoms with E-state index in [1.54, 1.807) is 0 Å². The van der Waals surface area contributed by atoms with E-state index >= 15 is 0 Å². The second-order valence-corrected chi connectivity index (χ2v) is 5.53. The van der Waals surface area contributed by atoms with Crippen LogP contribution in [-0.2, 0) is 6.42 Å². The molecule has 0 aliphatic rings. The second kappa shape index (κ2) is 7.55. The van der Waals surface area contributed by atoms with Crippen LogP contribution in [0.4, 0.5) is 0 Å². The maximum Gasteiger partial charge on any atom is 0.0342 e. The van der Waals surface area contributed by atoms with Gasteiger partial charge >= 0.3 is 0 Å². The summed E-state index contributed by atoms with van der Waals surface area (Å²) in [7, 11) is 4.29. The van der Waals surface area contributed by atoms with Crippen LogP contribution in [0.1, 0.15) is 50.3 Å². The number of hydrogen-bond donors (Lipinski definition) is 1. The van der Waals surface area contributed by atoms with E-state index in [1.165, 1.54) is 24.0 Å². The van der Waals surface area contributed by atoms with E-state index in [9.17, 15) is 0 Å². The zero-order chi connectivity index (χ0) is 13.5. The minimum absolute atomic E-state index is 0.284. The highest BCUT2D eigenvalue weighted by Gasteiger charge is 2.14. The van der Waals surface area contributed by atoms with Crippen molar-refractivity contribution in [2.75, 3.05) is 14.1 Å². The molecule has 2 atom stereocenters. The highest BCUT2D eigenvalue weighted by atomic mass is 15.1. The van der Waals surface area contributed by atoms with Crippen molar-refractivity contribution in [3.63, 3.8) is 0 Å². The van der Waals surface area contributed by atoms with Crippen LogP contribution in [0.15, 0.2) is 24.3 Å². The summed E-state index contributed by atoms with van der Waals surface area (Å²) >= 11 is 0. The van der Waals surface area contributed by atoms with Crippen molar-refractivity contribution >= 4 is 0 Å². The van der Waals surface area contributed by atoms with Gasteiger partial charge in [0.2, 0.25) is 0 Å². The van der Waals surface area contributed by atoms with Crippen LogP contribution >= 0.6 is 0 Å². The van der Waals surface area contributed by atoms with Gasteiger partial charge in [0, 0.05) is 12.1 Å². The molecule has 1 aromatic rings. The number of benzene rings is 1. The van der Waals surface area contributed by atoms with Crippen LogP contribution < -0.4 is 5.73 Å². The Morgan fingerprint density at radius 1 is 1.11 bits per heavy atom. The molecule has 0 aromatic heterocycles. The number of rotatable bonds is 7. The van der Waals surface area contributed by atoms with Gasteiger partial charge in [-0.15, -0.1) is 0 Å².